The SMILES string of the molecule is Cc1ccc(-n2nnc(C#N)c2-c2cccc(F)c2)c(C)c1. The van der Waals surface area contributed by atoms with Crippen LogP contribution in [-0.2, 0) is 0 Å². The Morgan fingerprint density at radius 3 is 2.64 bits per heavy atom. The lowest BCUT2D eigenvalue weighted by Gasteiger charge is -2.10. The van der Waals surface area contributed by atoms with Crippen LogP contribution in [0.3, 0.4) is 0 Å². The predicted molar refractivity (Wildman–Crippen MR) is 80.9 cm³/mol. The van der Waals surface area contributed by atoms with E-state index in [1.165, 1.54) is 12.1 Å². The van der Waals surface area contributed by atoms with Gasteiger partial charge in [0.2, 0.25) is 0 Å². The Kier molecular flexibility index (Phi) is 3.43. The van der Waals surface area contributed by atoms with Gasteiger partial charge in [0.25, 0.3) is 0 Å². The molecule has 0 spiro atoms. The number of halogens is 1. The van der Waals surface area contributed by atoms with Gasteiger partial charge in [-0.25, -0.2) is 9.07 Å². The summed E-state index contributed by atoms with van der Waals surface area (Å²) in [5.41, 5.74) is 4.20. The molecule has 0 saturated carbocycles. The maximum Gasteiger partial charge on any atom is 0.191 e. The second-order valence-electron chi connectivity index (χ2n) is 5.11. The summed E-state index contributed by atoms with van der Waals surface area (Å²) in [5.74, 6) is -0.366. The molecule has 108 valence electrons. The monoisotopic (exact) mass is 292 g/mol. The van der Waals surface area contributed by atoms with Gasteiger partial charge in [-0.1, -0.05) is 35.0 Å². The standard InChI is InChI=1S/C17H13FN4/c1-11-6-7-16(12(2)8-11)22-17(15(10-19)20-21-22)13-4-3-5-14(18)9-13/h3-9H,1-2H3. The molecular weight excluding hydrogens is 279 g/mol. The molecule has 5 heteroatoms. The van der Waals surface area contributed by atoms with Crippen LogP contribution in [0.4, 0.5) is 4.39 Å². The fourth-order valence-electron chi connectivity index (χ4n) is 2.46. The molecule has 0 aliphatic carbocycles. The van der Waals surface area contributed by atoms with E-state index in [1.807, 2.05) is 38.1 Å². The highest BCUT2D eigenvalue weighted by atomic mass is 19.1. The van der Waals surface area contributed by atoms with Gasteiger partial charge in [-0.05, 0) is 37.6 Å². The first kappa shape index (κ1) is 14.0. The molecule has 2 aromatic carbocycles. The van der Waals surface area contributed by atoms with E-state index in [0.717, 1.165) is 16.8 Å². The van der Waals surface area contributed by atoms with Crippen LogP contribution >= 0.6 is 0 Å². The zero-order valence-corrected chi connectivity index (χ0v) is 12.2. The largest absolute Gasteiger partial charge is 0.211 e. The molecular formula is C17H13FN4. The van der Waals surface area contributed by atoms with Crippen LogP contribution in [0.15, 0.2) is 42.5 Å². The average molecular weight is 292 g/mol. The van der Waals surface area contributed by atoms with Gasteiger partial charge in [-0.15, -0.1) is 5.10 Å². The van der Waals surface area contributed by atoms with E-state index in [-0.39, 0.29) is 11.5 Å². The fraction of sp³-hybridized carbons (Fsp3) is 0.118. The second kappa shape index (κ2) is 5.41. The first-order valence-corrected chi connectivity index (χ1v) is 6.79. The van der Waals surface area contributed by atoms with E-state index in [1.54, 1.807) is 16.8 Å². The van der Waals surface area contributed by atoms with E-state index in [2.05, 4.69) is 10.3 Å². The summed E-state index contributed by atoms with van der Waals surface area (Å²) in [6.45, 7) is 3.97. The molecule has 0 aliphatic rings. The Hall–Kier alpha value is -3.00. The predicted octanol–water partition coefficient (Wildman–Crippen LogP) is 3.56. The third-order valence-electron chi connectivity index (χ3n) is 3.45. The van der Waals surface area contributed by atoms with Crippen molar-refractivity contribution in [3.05, 3.63) is 65.1 Å². The topological polar surface area (TPSA) is 54.5 Å². The number of aryl methyl sites for hydroxylation is 2. The molecule has 0 atom stereocenters. The lowest BCUT2D eigenvalue weighted by atomic mass is 10.1. The molecule has 3 aromatic rings. The molecule has 0 N–H and O–H groups in total. The maximum atomic E-state index is 13.5. The molecule has 0 unspecified atom stereocenters. The lowest BCUT2D eigenvalue weighted by molar-refractivity contribution is 0.628. The van der Waals surface area contributed by atoms with Gasteiger partial charge < -0.3 is 0 Å². The molecule has 0 aliphatic heterocycles. The Bertz CT molecular complexity index is 890. The molecule has 0 saturated heterocycles. The van der Waals surface area contributed by atoms with Gasteiger partial charge >= 0.3 is 0 Å². The van der Waals surface area contributed by atoms with Crippen LogP contribution in [0.25, 0.3) is 16.9 Å². The smallest absolute Gasteiger partial charge is 0.191 e. The first-order chi connectivity index (χ1) is 10.6. The van der Waals surface area contributed by atoms with Crippen molar-refractivity contribution in [3.63, 3.8) is 0 Å². The summed E-state index contributed by atoms with van der Waals surface area (Å²) in [5, 5.41) is 17.2. The fourth-order valence-corrected chi connectivity index (χ4v) is 2.46. The van der Waals surface area contributed by atoms with Gasteiger partial charge in [-0.2, -0.15) is 5.26 Å². The molecule has 0 fully saturated rings. The van der Waals surface area contributed by atoms with Crippen molar-refractivity contribution in [2.45, 2.75) is 13.8 Å². The Balaban J connectivity index is 2.26. The third-order valence-corrected chi connectivity index (χ3v) is 3.45. The Morgan fingerprint density at radius 1 is 1.14 bits per heavy atom. The molecule has 1 heterocycles. The van der Waals surface area contributed by atoms with E-state index in [9.17, 15) is 9.65 Å². The van der Waals surface area contributed by atoms with Crippen LogP contribution in [0.5, 0.6) is 0 Å². The molecule has 22 heavy (non-hydrogen) atoms. The van der Waals surface area contributed by atoms with Crippen LogP contribution in [0, 0.1) is 31.0 Å². The van der Waals surface area contributed by atoms with Crippen LogP contribution in [0.2, 0.25) is 0 Å². The summed E-state index contributed by atoms with van der Waals surface area (Å²) >= 11 is 0. The van der Waals surface area contributed by atoms with Crippen molar-refractivity contribution in [1.82, 2.24) is 15.0 Å². The number of benzene rings is 2. The van der Waals surface area contributed by atoms with Gasteiger partial charge in [0, 0.05) is 5.56 Å². The summed E-state index contributed by atoms with van der Waals surface area (Å²) in [7, 11) is 0. The van der Waals surface area contributed by atoms with Gasteiger partial charge in [0.05, 0.1) is 5.69 Å². The normalized spacial score (nSPS) is 10.5. The van der Waals surface area contributed by atoms with Crippen molar-refractivity contribution in [2.24, 2.45) is 0 Å². The van der Waals surface area contributed by atoms with Gasteiger partial charge in [0.1, 0.15) is 17.6 Å². The van der Waals surface area contributed by atoms with E-state index in [4.69, 9.17) is 0 Å². The van der Waals surface area contributed by atoms with Crippen molar-refractivity contribution < 1.29 is 4.39 Å². The van der Waals surface area contributed by atoms with Crippen LogP contribution < -0.4 is 0 Å². The average Bonchev–Trinajstić information content (AvgIpc) is 2.91. The zero-order chi connectivity index (χ0) is 15.7. The molecule has 0 amide bonds. The van der Waals surface area contributed by atoms with Crippen molar-refractivity contribution in [1.29, 1.82) is 5.26 Å². The van der Waals surface area contributed by atoms with Crippen molar-refractivity contribution in [3.8, 4) is 23.0 Å². The minimum atomic E-state index is -0.366. The van der Waals surface area contributed by atoms with Crippen LogP contribution in [-0.4, -0.2) is 15.0 Å². The lowest BCUT2D eigenvalue weighted by Crippen LogP contribution is -2.02. The molecule has 3 rings (SSSR count). The number of hydrogen-bond donors (Lipinski definition) is 0. The minimum Gasteiger partial charge on any atom is -0.211 e. The van der Waals surface area contributed by atoms with Gasteiger partial charge in [0.15, 0.2) is 5.69 Å². The molecule has 4 nitrogen and oxygen atoms in total. The number of aromatic nitrogens is 3. The summed E-state index contributed by atoms with van der Waals surface area (Å²) in [4.78, 5) is 0. The number of hydrogen-bond acceptors (Lipinski definition) is 3. The minimum absolute atomic E-state index is 0.172. The van der Waals surface area contributed by atoms with Gasteiger partial charge in [-0.3, -0.25) is 0 Å². The van der Waals surface area contributed by atoms with Crippen LogP contribution in [0.1, 0.15) is 16.8 Å². The summed E-state index contributed by atoms with van der Waals surface area (Å²) < 4.78 is 15.1. The van der Waals surface area contributed by atoms with Crippen molar-refractivity contribution >= 4 is 0 Å². The quantitative estimate of drug-likeness (QED) is 0.725. The second-order valence-corrected chi connectivity index (χ2v) is 5.11. The maximum absolute atomic E-state index is 13.5. The highest BCUT2D eigenvalue weighted by molar-refractivity contribution is 5.67. The van der Waals surface area contributed by atoms with E-state index >= 15 is 0 Å². The summed E-state index contributed by atoms with van der Waals surface area (Å²) in [6, 6.07) is 14.0. The first-order valence-electron chi connectivity index (χ1n) is 6.79. The summed E-state index contributed by atoms with van der Waals surface area (Å²) in [6.07, 6.45) is 0. The molecule has 1 aromatic heterocycles. The van der Waals surface area contributed by atoms with E-state index in [0.29, 0.717) is 11.3 Å². The highest BCUT2D eigenvalue weighted by Crippen LogP contribution is 2.27. The number of nitrogens with zero attached hydrogens (tertiary/aromatic N) is 4. The number of rotatable bonds is 2. The van der Waals surface area contributed by atoms with Crippen molar-refractivity contribution in [2.75, 3.05) is 0 Å². The molecule has 0 bridgehead atoms. The Morgan fingerprint density at radius 2 is 1.95 bits per heavy atom. The Labute approximate surface area is 127 Å². The van der Waals surface area contributed by atoms with E-state index < -0.39 is 0 Å². The molecule has 0 radical (unpaired) electrons. The highest BCUT2D eigenvalue weighted by Gasteiger charge is 2.17. The zero-order valence-electron chi connectivity index (χ0n) is 12.2. The number of nitriles is 1. The third kappa shape index (κ3) is 2.35.